The number of hydrogen-bond donors (Lipinski definition) is 1. The van der Waals surface area contributed by atoms with Crippen LogP contribution in [0.2, 0.25) is 0 Å². The zero-order valence-electron chi connectivity index (χ0n) is 11.1. The maximum Gasteiger partial charge on any atom is 0.289 e. The Labute approximate surface area is 126 Å². The van der Waals surface area contributed by atoms with E-state index in [1.54, 1.807) is 17.0 Å². The molecule has 2 N–H and O–H groups in total. The Morgan fingerprint density at radius 3 is 2.50 bits per heavy atom. The van der Waals surface area contributed by atoms with E-state index in [0.29, 0.717) is 30.1 Å². The third-order valence-electron chi connectivity index (χ3n) is 2.98. The van der Waals surface area contributed by atoms with Crippen LogP contribution in [0.1, 0.15) is 16.1 Å². The molecule has 0 fully saturated rings. The van der Waals surface area contributed by atoms with Gasteiger partial charge in [-0.2, -0.15) is 0 Å². The van der Waals surface area contributed by atoms with Crippen molar-refractivity contribution in [1.29, 1.82) is 0 Å². The van der Waals surface area contributed by atoms with Gasteiger partial charge >= 0.3 is 0 Å². The minimum atomic E-state index is -0.128. The first-order valence-corrected chi connectivity index (χ1v) is 7.28. The van der Waals surface area contributed by atoms with Gasteiger partial charge in [0.05, 0.1) is 0 Å². The van der Waals surface area contributed by atoms with Gasteiger partial charge in [0.25, 0.3) is 5.91 Å². The molecule has 2 rings (SSSR count). The van der Waals surface area contributed by atoms with Crippen molar-refractivity contribution in [2.75, 3.05) is 19.6 Å². The molecule has 0 spiro atoms. The van der Waals surface area contributed by atoms with Gasteiger partial charge in [-0.1, -0.05) is 30.3 Å². The van der Waals surface area contributed by atoms with Crippen molar-refractivity contribution in [2.45, 2.75) is 6.42 Å². The SMILES string of the molecule is NCCN(CCc1ccccc1)C(=O)c1ccc(Br)o1. The molecule has 0 aliphatic heterocycles. The van der Waals surface area contributed by atoms with E-state index in [1.807, 2.05) is 18.2 Å². The van der Waals surface area contributed by atoms with Gasteiger partial charge in [-0.25, -0.2) is 0 Å². The highest BCUT2D eigenvalue weighted by atomic mass is 79.9. The molecule has 5 heteroatoms. The van der Waals surface area contributed by atoms with Gasteiger partial charge < -0.3 is 15.1 Å². The molecule has 0 saturated carbocycles. The lowest BCUT2D eigenvalue weighted by atomic mass is 10.1. The first-order valence-electron chi connectivity index (χ1n) is 6.49. The maximum absolute atomic E-state index is 12.3. The minimum Gasteiger partial charge on any atom is -0.444 e. The van der Waals surface area contributed by atoms with Crippen LogP contribution < -0.4 is 5.73 Å². The molecular weight excluding hydrogens is 320 g/mol. The summed E-state index contributed by atoms with van der Waals surface area (Å²) in [5, 5.41) is 0. The monoisotopic (exact) mass is 336 g/mol. The molecule has 0 aliphatic carbocycles. The normalized spacial score (nSPS) is 10.5. The number of rotatable bonds is 6. The second kappa shape index (κ2) is 7.26. The fourth-order valence-electron chi connectivity index (χ4n) is 1.96. The highest BCUT2D eigenvalue weighted by molar-refractivity contribution is 9.10. The van der Waals surface area contributed by atoms with Gasteiger partial charge in [-0.05, 0) is 40.0 Å². The van der Waals surface area contributed by atoms with Crippen molar-refractivity contribution in [3.8, 4) is 0 Å². The zero-order valence-corrected chi connectivity index (χ0v) is 12.7. The molecule has 4 nitrogen and oxygen atoms in total. The number of carbonyl (C=O) groups excluding carboxylic acids is 1. The summed E-state index contributed by atoms with van der Waals surface area (Å²) in [7, 11) is 0. The number of nitrogens with two attached hydrogens (primary N) is 1. The van der Waals surface area contributed by atoms with Gasteiger partial charge in [0, 0.05) is 19.6 Å². The van der Waals surface area contributed by atoms with Gasteiger partial charge in [-0.15, -0.1) is 0 Å². The molecule has 0 bridgehead atoms. The molecule has 1 amide bonds. The van der Waals surface area contributed by atoms with E-state index in [0.717, 1.165) is 6.42 Å². The molecule has 2 aromatic rings. The highest BCUT2D eigenvalue weighted by Crippen LogP contribution is 2.16. The fraction of sp³-hybridized carbons (Fsp3) is 0.267. The molecule has 0 aliphatic rings. The van der Waals surface area contributed by atoms with Crippen LogP contribution in [0.15, 0.2) is 51.6 Å². The van der Waals surface area contributed by atoms with Gasteiger partial charge in [0.1, 0.15) is 0 Å². The topological polar surface area (TPSA) is 59.5 Å². The predicted octanol–water partition coefficient (Wildman–Crippen LogP) is 2.69. The maximum atomic E-state index is 12.3. The number of carbonyl (C=O) groups is 1. The summed E-state index contributed by atoms with van der Waals surface area (Å²) < 4.78 is 5.86. The quantitative estimate of drug-likeness (QED) is 0.882. The van der Waals surface area contributed by atoms with E-state index in [9.17, 15) is 4.79 Å². The van der Waals surface area contributed by atoms with Crippen LogP contribution in [0.25, 0.3) is 0 Å². The zero-order chi connectivity index (χ0) is 14.4. The summed E-state index contributed by atoms with van der Waals surface area (Å²) >= 11 is 3.20. The number of benzene rings is 1. The number of halogens is 1. The van der Waals surface area contributed by atoms with Crippen LogP contribution >= 0.6 is 15.9 Å². The Morgan fingerprint density at radius 1 is 1.15 bits per heavy atom. The van der Waals surface area contributed by atoms with Crippen molar-refractivity contribution < 1.29 is 9.21 Å². The summed E-state index contributed by atoms with van der Waals surface area (Å²) in [6.07, 6.45) is 0.800. The summed E-state index contributed by atoms with van der Waals surface area (Å²) in [4.78, 5) is 14.0. The van der Waals surface area contributed by atoms with E-state index >= 15 is 0 Å². The van der Waals surface area contributed by atoms with E-state index in [1.165, 1.54) is 5.56 Å². The fourth-order valence-corrected chi connectivity index (χ4v) is 2.27. The van der Waals surface area contributed by atoms with Crippen LogP contribution in [0.5, 0.6) is 0 Å². The Bertz CT molecular complexity index is 554. The van der Waals surface area contributed by atoms with Crippen molar-refractivity contribution in [3.05, 3.63) is 58.5 Å². The molecular formula is C15H17BrN2O2. The summed E-state index contributed by atoms with van der Waals surface area (Å²) in [6.45, 7) is 1.57. The number of furan rings is 1. The molecule has 0 saturated heterocycles. The third-order valence-corrected chi connectivity index (χ3v) is 3.41. The number of hydrogen-bond acceptors (Lipinski definition) is 3. The Balaban J connectivity index is 2.01. The lowest BCUT2D eigenvalue weighted by Crippen LogP contribution is -2.36. The number of amides is 1. The largest absolute Gasteiger partial charge is 0.444 e. The van der Waals surface area contributed by atoms with Crippen molar-refractivity contribution in [3.63, 3.8) is 0 Å². The number of nitrogens with zero attached hydrogens (tertiary/aromatic N) is 1. The van der Waals surface area contributed by atoms with Crippen LogP contribution in [-0.2, 0) is 6.42 Å². The molecule has 0 atom stereocenters. The van der Waals surface area contributed by atoms with Gasteiger partial charge in [0.2, 0.25) is 0 Å². The second-order valence-corrected chi connectivity index (χ2v) is 5.20. The van der Waals surface area contributed by atoms with E-state index in [4.69, 9.17) is 10.2 Å². The summed E-state index contributed by atoms with van der Waals surface area (Å²) in [5.74, 6) is 0.204. The average Bonchev–Trinajstić information content (AvgIpc) is 2.90. The molecule has 106 valence electrons. The Kier molecular flexibility index (Phi) is 5.38. The van der Waals surface area contributed by atoms with Crippen LogP contribution in [0.4, 0.5) is 0 Å². The predicted molar refractivity (Wildman–Crippen MR) is 81.5 cm³/mol. The van der Waals surface area contributed by atoms with Crippen LogP contribution in [0, 0.1) is 0 Å². The highest BCUT2D eigenvalue weighted by Gasteiger charge is 2.18. The summed E-state index contributed by atoms with van der Waals surface area (Å²) in [6, 6.07) is 13.4. The van der Waals surface area contributed by atoms with E-state index in [2.05, 4.69) is 28.1 Å². The second-order valence-electron chi connectivity index (χ2n) is 4.42. The molecule has 20 heavy (non-hydrogen) atoms. The third kappa shape index (κ3) is 3.95. The van der Waals surface area contributed by atoms with Crippen molar-refractivity contribution >= 4 is 21.8 Å². The Hall–Kier alpha value is -1.59. The van der Waals surface area contributed by atoms with Crippen molar-refractivity contribution in [1.82, 2.24) is 4.90 Å². The van der Waals surface area contributed by atoms with Crippen LogP contribution in [-0.4, -0.2) is 30.4 Å². The first kappa shape index (κ1) is 14.8. The molecule has 1 aromatic heterocycles. The van der Waals surface area contributed by atoms with Gasteiger partial charge in [-0.3, -0.25) is 4.79 Å². The lowest BCUT2D eigenvalue weighted by Gasteiger charge is -2.20. The standard InChI is InChI=1S/C15H17BrN2O2/c16-14-7-6-13(20-14)15(19)18(11-9-17)10-8-12-4-2-1-3-5-12/h1-7H,8-11,17H2. The average molecular weight is 337 g/mol. The first-order chi connectivity index (χ1) is 9.70. The smallest absolute Gasteiger partial charge is 0.289 e. The minimum absolute atomic E-state index is 0.128. The Morgan fingerprint density at radius 2 is 1.90 bits per heavy atom. The molecule has 1 aromatic carbocycles. The molecule has 0 radical (unpaired) electrons. The van der Waals surface area contributed by atoms with Crippen LogP contribution in [0.3, 0.4) is 0 Å². The lowest BCUT2D eigenvalue weighted by molar-refractivity contribution is 0.0728. The molecule has 0 unspecified atom stereocenters. The van der Waals surface area contributed by atoms with E-state index < -0.39 is 0 Å². The molecule has 1 heterocycles. The van der Waals surface area contributed by atoms with Gasteiger partial charge in [0.15, 0.2) is 10.4 Å². The summed E-state index contributed by atoms with van der Waals surface area (Å²) in [5.41, 5.74) is 6.78. The van der Waals surface area contributed by atoms with Crippen molar-refractivity contribution in [2.24, 2.45) is 5.73 Å². The van der Waals surface area contributed by atoms with E-state index in [-0.39, 0.29) is 5.91 Å².